The minimum atomic E-state index is -0.0231. The Labute approximate surface area is 64.0 Å². The van der Waals surface area contributed by atoms with Crippen LogP contribution >= 0.6 is 0 Å². The normalized spacial score (nSPS) is 16.8. The van der Waals surface area contributed by atoms with Crippen molar-refractivity contribution >= 4 is 0 Å². The molecule has 0 aromatic rings. The third kappa shape index (κ3) is 4.77. The molecule has 1 unspecified atom stereocenters. The molecule has 2 heteroatoms. The summed E-state index contributed by atoms with van der Waals surface area (Å²) in [6, 6.07) is 0. The molecule has 0 aliphatic heterocycles. The highest BCUT2D eigenvalue weighted by molar-refractivity contribution is 4.77. The first-order chi connectivity index (χ1) is 4.62. The van der Waals surface area contributed by atoms with E-state index in [-0.39, 0.29) is 5.54 Å². The molecule has 0 aliphatic rings. The van der Waals surface area contributed by atoms with E-state index in [0.717, 1.165) is 12.8 Å². The van der Waals surface area contributed by atoms with Crippen molar-refractivity contribution in [1.29, 1.82) is 0 Å². The molecule has 0 heterocycles. The van der Waals surface area contributed by atoms with Crippen LogP contribution in [0.1, 0.15) is 39.5 Å². The number of nitrogens with two attached hydrogens (primary N) is 2. The third-order valence-electron chi connectivity index (χ3n) is 1.82. The minimum absolute atomic E-state index is 0.0231. The third-order valence-corrected chi connectivity index (χ3v) is 1.82. The molecule has 62 valence electrons. The van der Waals surface area contributed by atoms with E-state index >= 15 is 0 Å². The van der Waals surface area contributed by atoms with Crippen LogP contribution in [0.5, 0.6) is 0 Å². The van der Waals surface area contributed by atoms with Crippen molar-refractivity contribution < 1.29 is 0 Å². The summed E-state index contributed by atoms with van der Waals surface area (Å²) in [7, 11) is 0. The van der Waals surface area contributed by atoms with E-state index in [0.29, 0.717) is 6.54 Å². The maximum absolute atomic E-state index is 5.93. The van der Waals surface area contributed by atoms with Crippen LogP contribution in [0, 0.1) is 0 Å². The first-order valence-electron chi connectivity index (χ1n) is 4.11. The van der Waals surface area contributed by atoms with Crippen molar-refractivity contribution in [2.75, 3.05) is 6.54 Å². The zero-order chi connectivity index (χ0) is 8.04. The van der Waals surface area contributed by atoms with Gasteiger partial charge in [-0.3, -0.25) is 0 Å². The lowest BCUT2D eigenvalue weighted by Crippen LogP contribution is -2.38. The molecule has 0 aliphatic carbocycles. The van der Waals surface area contributed by atoms with Gasteiger partial charge in [-0.1, -0.05) is 19.8 Å². The fourth-order valence-corrected chi connectivity index (χ4v) is 1.04. The Hall–Kier alpha value is -0.0800. The number of unbranched alkanes of at least 4 members (excludes halogenated alkanes) is 1. The second kappa shape index (κ2) is 4.69. The fourth-order valence-electron chi connectivity index (χ4n) is 1.04. The second-order valence-corrected chi connectivity index (χ2v) is 3.30. The van der Waals surface area contributed by atoms with E-state index < -0.39 is 0 Å². The van der Waals surface area contributed by atoms with E-state index in [1.54, 1.807) is 0 Å². The van der Waals surface area contributed by atoms with Crippen LogP contribution < -0.4 is 11.5 Å². The molecule has 0 saturated carbocycles. The van der Waals surface area contributed by atoms with E-state index in [1.807, 2.05) is 0 Å². The van der Waals surface area contributed by atoms with Crippen molar-refractivity contribution in [2.24, 2.45) is 11.5 Å². The molecule has 0 rings (SSSR count). The summed E-state index contributed by atoms with van der Waals surface area (Å²) < 4.78 is 0. The van der Waals surface area contributed by atoms with Gasteiger partial charge < -0.3 is 11.5 Å². The summed E-state index contributed by atoms with van der Waals surface area (Å²) in [5, 5.41) is 0. The average molecular weight is 144 g/mol. The molecule has 10 heavy (non-hydrogen) atoms. The van der Waals surface area contributed by atoms with Gasteiger partial charge >= 0.3 is 0 Å². The molecule has 2 nitrogen and oxygen atoms in total. The van der Waals surface area contributed by atoms with Crippen molar-refractivity contribution in [3.05, 3.63) is 0 Å². The van der Waals surface area contributed by atoms with Gasteiger partial charge in [0.05, 0.1) is 0 Å². The van der Waals surface area contributed by atoms with Gasteiger partial charge in [-0.05, 0) is 26.3 Å². The van der Waals surface area contributed by atoms with Crippen LogP contribution in [0.3, 0.4) is 0 Å². The SMILES string of the molecule is CCCCC(C)(N)CCN. The number of hydrogen-bond acceptors (Lipinski definition) is 2. The van der Waals surface area contributed by atoms with E-state index in [4.69, 9.17) is 11.5 Å². The van der Waals surface area contributed by atoms with Crippen LogP contribution in [0.25, 0.3) is 0 Å². The minimum Gasteiger partial charge on any atom is -0.330 e. The van der Waals surface area contributed by atoms with Gasteiger partial charge in [0.1, 0.15) is 0 Å². The van der Waals surface area contributed by atoms with Crippen LogP contribution in [0.2, 0.25) is 0 Å². The summed E-state index contributed by atoms with van der Waals surface area (Å²) >= 11 is 0. The van der Waals surface area contributed by atoms with Crippen LogP contribution in [-0.4, -0.2) is 12.1 Å². The first kappa shape index (κ1) is 9.92. The molecule has 0 aromatic heterocycles. The van der Waals surface area contributed by atoms with Crippen molar-refractivity contribution in [3.63, 3.8) is 0 Å². The van der Waals surface area contributed by atoms with Gasteiger partial charge in [0.15, 0.2) is 0 Å². The molecular formula is C8H20N2. The Morgan fingerprint density at radius 2 is 1.90 bits per heavy atom. The topological polar surface area (TPSA) is 52.0 Å². The Balaban J connectivity index is 3.42. The van der Waals surface area contributed by atoms with Crippen LogP contribution in [0.4, 0.5) is 0 Å². The van der Waals surface area contributed by atoms with E-state index in [2.05, 4.69) is 13.8 Å². The summed E-state index contributed by atoms with van der Waals surface area (Å²) in [6.07, 6.45) is 4.47. The maximum atomic E-state index is 5.93. The standard InChI is InChI=1S/C8H20N2/c1-3-4-5-8(2,10)6-7-9/h3-7,9-10H2,1-2H3. The molecule has 0 spiro atoms. The Morgan fingerprint density at radius 3 is 2.30 bits per heavy atom. The first-order valence-corrected chi connectivity index (χ1v) is 4.11. The Kier molecular flexibility index (Phi) is 4.65. The second-order valence-electron chi connectivity index (χ2n) is 3.30. The average Bonchev–Trinajstić information content (AvgIpc) is 1.84. The van der Waals surface area contributed by atoms with Gasteiger partial charge in [0.25, 0.3) is 0 Å². The summed E-state index contributed by atoms with van der Waals surface area (Å²) in [5.74, 6) is 0. The number of rotatable bonds is 5. The predicted octanol–water partition coefficient (Wildman–Crippen LogP) is 1.24. The lowest BCUT2D eigenvalue weighted by Gasteiger charge is -2.23. The predicted molar refractivity (Wildman–Crippen MR) is 45.8 cm³/mol. The molecule has 1 atom stereocenters. The van der Waals surface area contributed by atoms with Crippen molar-refractivity contribution in [1.82, 2.24) is 0 Å². The highest BCUT2D eigenvalue weighted by Gasteiger charge is 2.15. The molecule has 0 radical (unpaired) electrons. The highest BCUT2D eigenvalue weighted by Crippen LogP contribution is 2.13. The zero-order valence-corrected chi connectivity index (χ0v) is 7.19. The summed E-state index contributed by atoms with van der Waals surface area (Å²) in [6.45, 7) is 4.96. The van der Waals surface area contributed by atoms with Gasteiger partial charge in [-0.25, -0.2) is 0 Å². The lowest BCUT2D eigenvalue weighted by atomic mass is 9.93. The monoisotopic (exact) mass is 144 g/mol. The quantitative estimate of drug-likeness (QED) is 0.610. The lowest BCUT2D eigenvalue weighted by molar-refractivity contribution is 0.393. The van der Waals surface area contributed by atoms with Crippen LogP contribution in [0.15, 0.2) is 0 Å². The molecule has 0 amide bonds. The van der Waals surface area contributed by atoms with Gasteiger partial charge in [-0.15, -0.1) is 0 Å². The fraction of sp³-hybridized carbons (Fsp3) is 1.00. The molecule has 4 N–H and O–H groups in total. The zero-order valence-electron chi connectivity index (χ0n) is 7.19. The number of hydrogen-bond donors (Lipinski definition) is 2. The smallest absolute Gasteiger partial charge is 0.0137 e. The summed E-state index contributed by atoms with van der Waals surface area (Å²) in [4.78, 5) is 0. The van der Waals surface area contributed by atoms with Gasteiger partial charge in [-0.2, -0.15) is 0 Å². The molecule has 0 fully saturated rings. The van der Waals surface area contributed by atoms with E-state index in [1.165, 1.54) is 12.8 Å². The molecule has 0 saturated heterocycles. The maximum Gasteiger partial charge on any atom is 0.0137 e. The summed E-state index contributed by atoms with van der Waals surface area (Å²) in [5.41, 5.74) is 11.3. The molecule has 0 aromatic carbocycles. The van der Waals surface area contributed by atoms with Crippen molar-refractivity contribution in [3.8, 4) is 0 Å². The molecule has 0 bridgehead atoms. The van der Waals surface area contributed by atoms with Crippen LogP contribution in [-0.2, 0) is 0 Å². The van der Waals surface area contributed by atoms with Crippen molar-refractivity contribution in [2.45, 2.75) is 45.1 Å². The largest absolute Gasteiger partial charge is 0.330 e. The Bertz CT molecular complexity index is 79.3. The highest BCUT2D eigenvalue weighted by atomic mass is 14.7. The molecular weight excluding hydrogens is 124 g/mol. The van der Waals surface area contributed by atoms with E-state index in [9.17, 15) is 0 Å². The van der Waals surface area contributed by atoms with Gasteiger partial charge in [0.2, 0.25) is 0 Å². The van der Waals surface area contributed by atoms with Gasteiger partial charge in [0, 0.05) is 5.54 Å². The Morgan fingerprint density at radius 1 is 1.30 bits per heavy atom.